The van der Waals surface area contributed by atoms with Crippen molar-refractivity contribution >= 4 is 17.5 Å². The minimum Gasteiger partial charge on any atom is -0.468 e. The topological polar surface area (TPSA) is 103 Å². The molecule has 3 heterocycles. The Bertz CT molecular complexity index is 1580. The molecule has 1 aromatic heterocycles. The summed E-state index contributed by atoms with van der Waals surface area (Å²) in [5, 5.41) is 14.6. The summed E-state index contributed by atoms with van der Waals surface area (Å²) in [6.45, 7) is 3.60. The summed E-state index contributed by atoms with van der Waals surface area (Å²) in [4.78, 5) is 24.2. The Kier molecular flexibility index (Phi) is 8.44. The van der Waals surface area contributed by atoms with E-state index >= 15 is 0 Å². The summed E-state index contributed by atoms with van der Waals surface area (Å²) in [6, 6.07) is 27.0. The number of hydrogen-bond acceptors (Lipinski definition) is 9. The lowest BCUT2D eigenvalue weighted by atomic mass is 9.98. The van der Waals surface area contributed by atoms with Gasteiger partial charge in [-0.2, -0.15) is 5.21 Å². The number of fused-ring (bicyclic) bond motifs is 1. The third-order valence-corrected chi connectivity index (χ3v) is 7.88. The Morgan fingerprint density at radius 3 is 2.47 bits per heavy atom. The summed E-state index contributed by atoms with van der Waals surface area (Å²) in [7, 11) is 1.43. The number of carbonyl (C=O) groups excluding carboxylic acids is 1. The second-order valence-electron chi connectivity index (χ2n) is 10.8. The molecule has 0 amide bonds. The van der Waals surface area contributed by atoms with Gasteiger partial charge < -0.3 is 19.4 Å². The molecule has 4 aromatic rings. The molecule has 0 fully saturated rings. The van der Waals surface area contributed by atoms with E-state index in [1.165, 1.54) is 19.1 Å². The normalized spacial score (nSPS) is 16.1. The summed E-state index contributed by atoms with van der Waals surface area (Å²) >= 11 is 0. The average Bonchev–Trinajstić information content (AvgIpc) is 3.71. The van der Waals surface area contributed by atoms with Gasteiger partial charge in [0.15, 0.2) is 5.84 Å². The van der Waals surface area contributed by atoms with E-state index in [-0.39, 0.29) is 18.7 Å². The number of para-hydroxylation sites is 1. The van der Waals surface area contributed by atoms with Crippen LogP contribution in [0.1, 0.15) is 38.2 Å². The number of hydrogen-bond donors (Lipinski definition) is 1. The number of aliphatic imine (C=N–C) groups is 1. The third-order valence-electron chi connectivity index (χ3n) is 7.88. The number of anilines is 1. The van der Waals surface area contributed by atoms with Crippen molar-refractivity contribution in [2.75, 3.05) is 25.2 Å². The van der Waals surface area contributed by atoms with Gasteiger partial charge in [-0.25, -0.2) is 4.99 Å². The molecule has 220 valence electrons. The van der Waals surface area contributed by atoms with Crippen LogP contribution in [0, 0.1) is 0 Å². The van der Waals surface area contributed by atoms with Crippen LogP contribution in [0.4, 0.5) is 5.69 Å². The van der Waals surface area contributed by atoms with E-state index in [9.17, 15) is 4.79 Å². The van der Waals surface area contributed by atoms with Crippen molar-refractivity contribution in [2.24, 2.45) is 4.99 Å². The number of nitrogens with zero attached hydrogens (tertiary/aromatic N) is 7. The van der Waals surface area contributed by atoms with Crippen LogP contribution in [0.2, 0.25) is 0 Å². The maximum Gasteiger partial charge on any atom is 0.325 e. The maximum absolute atomic E-state index is 12.3. The number of rotatable bonds is 11. The highest BCUT2D eigenvalue weighted by molar-refractivity contribution is 6.11. The van der Waals surface area contributed by atoms with Gasteiger partial charge >= 0.3 is 5.97 Å². The lowest BCUT2D eigenvalue weighted by molar-refractivity contribution is -0.141. The minimum absolute atomic E-state index is 0.00994. The Morgan fingerprint density at radius 2 is 1.74 bits per heavy atom. The zero-order valence-corrected chi connectivity index (χ0v) is 24.6. The molecule has 0 radical (unpaired) electrons. The van der Waals surface area contributed by atoms with Crippen LogP contribution in [-0.2, 0) is 16.1 Å². The Morgan fingerprint density at radius 1 is 0.977 bits per heavy atom. The molecule has 43 heavy (non-hydrogen) atoms. The van der Waals surface area contributed by atoms with Gasteiger partial charge in [-0.15, -0.1) is 10.2 Å². The lowest BCUT2D eigenvalue weighted by Gasteiger charge is -2.37. The van der Waals surface area contributed by atoms with Crippen LogP contribution in [0.15, 0.2) is 95.8 Å². The monoisotopic (exact) mass is 576 g/mol. The third kappa shape index (κ3) is 6.13. The number of unbranched alkanes of at least 4 members (excludes halogenated alkanes) is 2. The Hall–Kier alpha value is -4.99. The quantitative estimate of drug-likeness (QED) is 0.186. The summed E-state index contributed by atoms with van der Waals surface area (Å²) in [5.41, 5.74) is 6.30. The van der Waals surface area contributed by atoms with Gasteiger partial charge in [0.2, 0.25) is 5.82 Å². The van der Waals surface area contributed by atoms with Crippen molar-refractivity contribution in [3.05, 3.63) is 96.3 Å². The summed E-state index contributed by atoms with van der Waals surface area (Å²) < 4.78 is 5.01. The predicted molar refractivity (Wildman–Crippen MR) is 167 cm³/mol. The van der Waals surface area contributed by atoms with Crippen LogP contribution >= 0.6 is 0 Å². The molecule has 1 unspecified atom stereocenters. The van der Waals surface area contributed by atoms with E-state index in [1.54, 1.807) is 0 Å². The maximum atomic E-state index is 12.3. The van der Waals surface area contributed by atoms with Crippen LogP contribution in [0.3, 0.4) is 0 Å². The molecule has 1 N–H and O–H groups in total. The molecule has 2 aliphatic rings. The van der Waals surface area contributed by atoms with Crippen molar-refractivity contribution in [3.8, 4) is 22.5 Å². The number of tetrazole rings is 1. The molecule has 0 saturated heterocycles. The first-order valence-corrected chi connectivity index (χ1v) is 14.8. The summed E-state index contributed by atoms with van der Waals surface area (Å²) in [6.07, 6.45) is 6.47. The van der Waals surface area contributed by atoms with Crippen LogP contribution in [-0.4, -0.2) is 68.7 Å². The van der Waals surface area contributed by atoms with Crippen molar-refractivity contribution in [1.82, 2.24) is 30.4 Å². The second kappa shape index (κ2) is 12.9. The van der Waals surface area contributed by atoms with Gasteiger partial charge in [0.1, 0.15) is 12.7 Å². The fourth-order valence-electron chi connectivity index (χ4n) is 5.69. The van der Waals surface area contributed by atoms with Gasteiger partial charge in [0.25, 0.3) is 0 Å². The number of benzene rings is 3. The molecule has 0 aliphatic carbocycles. The highest BCUT2D eigenvalue weighted by Gasteiger charge is 2.38. The molecule has 0 spiro atoms. The molecule has 2 aliphatic heterocycles. The van der Waals surface area contributed by atoms with Crippen LogP contribution in [0.25, 0.3) is 22.5 Å². The highest BCUT2D eigenvalue weighted by Crippen LogP contribution is 2.35. The highest BCUT2D eigenvalue weighted by atomic mass is 16.5. The van der Waals surface area contributed by atoms with Crippen molar-refractivity contribution < 1.29 is 9.53 Å². The Balaban J connectivity index is 1.31. The fourth-order valence-corrected chi connectivity index (χ4v) is 5.69. The molecule has 10 heteroatoms. The number of aromatic nitrogens is 4. The minimum atomic E-state index is -0.272. The number of carbonyl (C=O) groups is 1. The first-order valence-electron chi connectivity index (χ1n) is 14.8. The Labute approximate surface area is 251 Å². The van der Waals surface area contributed by atoms with Crippen LogP contribution in [0.5, 0.6) is 0 Å². The van der Waals surface area contributed by atoms with Crippen LogP contribution < -0.4 is 4.90 Å². The number of H-pyrrole nitrogens is 1. The molecule has 1 atom stereocenters. The smallest absolute Gasteiger partial charge is 0.325 e. The summed E-state index contributed by atoms with van der Waals surface area (Å²) in [5.74, 6) is 1.24. The molecule has 3 aromatic carbocycles. The van der Waals surface area contributed by atoms with Gasteiger partial charge in [0.05, 0.1) is 19.5 Å². The average molecular weight is 577 g/mol. The van der Waals surface area contributed by atoms with E-state index in [1.807, 2.05) is 41.3 Å². The van der Waals surface area contributed by atoms with E-state index in [0.717, 1.165) is 53.2 Å². The zero-order valence-electron chi connectivity index (χ0n) is 24.6. The predicted octanol–water partition coefficient (Wildman–Crippen LogP) is 5.45. The largest absolute Gasteiger partial charge is 0.468 e. The molecular formula is C33H36N8O2. The molecular weight excluding hydrogens is 540 g/mol. The van der Waals surface area contributed by atoms with E-state index in [0.29, 0.717) is 19.0 Å². The molecule has 10 nitrogen and oxygen atoms in total. The van der Waals surface area contributed by atoms with Gasteiger partial charge in [0, 0.05) is 24.0 Å². The number of nitrogens with one attached hydrogen (secondary N) is 1. The number of amidine groups is 1. The van der Waals surface area contributed by atoms with E-state index in [2.05, 4.69) is 86.0 Å². The van der Waals surface area contributed by atoms with Gasteiger partial charge in [-0.3, -0.25) is 4.79 Å². The van der Waals surface area contributed by atoms with Crippen molar-refractivity contribution in [3.63, 3.8) is 0 Å². The fraction of sp³-hybridized carbons (Fsp3) is 0.303. The van der Waals surface area contributed by atoms with Gasteiger partial charge in [-0.05, 0) is 46.9 Å². The van der Waals surface area contributed by atoms with E-state index in [4.69, 9.17) is 9.73 Å². The second-order valence-corrected chi connectivity index (χ2v) is 10.8. The first kappa shape index (κ1) is 28.1. The molecule has 0 bridgehead atoms. The zero-order chi connectivity index (χ0) is 29.6. The van der Waals surface area contributed by atoms with E-state index < -0.39 is 0 Å². The molecule has 6 rings (SSSR count). The number of ether oxygens (including phenoxy) is 1. The lowest BCUT2D eigenvalue weighted by Crippen LogP contribution is -2.47. The first-order chi connectivity index (χ1) is 21.1. The van der Waals surface area contributed by atoms with Gasteiger partial charge in [-0.1, -0.05) is 86.5 Å². The standard InChI is InChI=1S/C33H36N8O2/c1-3-4-6-15-30-34-33-29(21-39(22-31(42)43-2)23-41(33)26-11-7-5-8-12-26)40(30)20-24-16-18-25(19-17-24)27-13-9-10-14-28(27)32-35-37-38-36-32/h5,7-14,16-19,21,30H,3-4,6,15,20,22-23H2,1-2H3,(H,35,36,37,38). The van der Waals surface area contributed by atoms with Crippen molar-refractivity contribution in [1.29, 1.82) is 0 Å². The number of methoxy groups -OCH3 is 1. The number of aromatic amines is 1. The number of esters is 1. The van der Waals surface area contributed by atoms with Crippen molar-refractivity contribution in [2.45, 2.75) is 45.3 Å². The molecule has 0 saturated carbocycles. The SMILES string of the molecule is CCCCCC1N=C2C(=CN(CC(=O)OC)CN2c2ccccc2)N1Cc1ccc(-c2ccccc2-c2nn[nH]n2)cc1.